The van der Waals surface area contributed by atoms with Crippen molar-refractivity contribution in [3.05, 3.63) is 24.2 Å². The zero-order valence-electron chi connectivity index (χ0n) is 8.88. The standard InChI is InChI=1S/C13H18O/c1-2-3-4-5-6-7-8-10-13-11-9-12-14-13/h9,11-12H,2-6,10H2,1H3. The predicted molar refractivity (Wildman–Crippen MR) is 58.9 cm³/mol. The van der Waals surface area contributed by atoms with E-state index in [1.807, 2.05) is 12.1 Å². The Morgan fingerprint density at radius 2 is 2.14 bits per heavy atom. The molecule has 14 heavy (non-hydrogen) atoms. The highest BCUT2D eigenvalue weighted by Gasteiger charge is 1.89. The van der Waals surface area contributed by atoms with Crippen LogP contribution in [0.25, 0.3) is 0 Å². The summed E-state index contributed by atoms with van der Waals surface area (Å²) in [5.74, 6) is 7.26. The molecule has 0 aromatic carbocycles. The molecule has 0 saturated carbocycles. The Bertz CT molecular complexity index is 274. The van der Waals surface area contributed by atoms with Crippen LogP contribution in [0.2, 0.25) is 0 Å². The van der Waals surface area contributed by atoms with Crippen LogP contribution in [-0.2, 0) is 6.42 Å². The summed E-state index contributed by atoms with van der Waals surface area (Å²) in [6.07, 6.45) is 8.64. The van der Waals surface area contributed by atoms with Gasteiger partial charge in [0, 0.05) is 6.42 Å². The SMILES string of the molecule is CCCCCCC#CCc1ccco1. The second-order valence-electron chi connectivity index (χ2n) is 3.42. The molecule has 0 aliphatic carbocycles. The maximum absolute atomic E-state index is 5.18. The Balaban J connectivity index is 2.04. The Morgan fingerprint density at radius 1 is 1.21 bits per heavy atom. The molecule has 0 spiro atoms. The number of rotatable bonds is 5. The van der Waals surface area contributed by atoms with Gasteiger partial charge in [-0.3, -0.25) is 0 Å². The molecule has 0 amide bonds. The van der Waals surface area contributed by atoms with Crippen LogP contribution in [0.15, 0.2) is 22.8 Å². The summed E-state index contributed by atoms with van der Waals surface area (Å²) in [4.78, 5) is 0. The van der Waals surface area contributed by atoms with Crippen LogP contribution in [0.4, 0.5) is 0 Å². The van der Waals surface area contributed by atoms with Crippen LogP contribution in [0, 0.1) is 11.8 Å². The highest BCUT2D eigenvalue weighted by Crippen LogP contribution is 2.02. The maximum atomic E-state index is 5.18. The minimum atomic E-state index is 0.751. The number of unbranched alkanes of at least 4 members (excludes halogenated alkanes) is 4. The van der Waals surface area contributed by atoms with Gasteiger partial charge in [-0.2, -0.15) is 0 Å². The van der Waals surface area contributed by atoms with E-state index >= 15 is 0 Å². The van der Waals surface area contributed by atoms with Gasteiger partial charge in [0.15, 0.2) is 0 Å². The lowest BCUT2D eigenvalue weighted by atomic mass is 10.1. The third-order valence-corrected chi connectivity index (χ3v) is 2.12. The van der Waals surface area contributed by atoms with E-state index in [9.17, 15) is 0 Å². The van der Waals surface area contributed by atoms with Crippen molar-refractivity contribution in [1.29, 1.82) is 0 Å². The van der Waals surface area contributed by atoms with Crippen molar-refractivity contribution < 1.29 is 4.42 Å². The van der Waals surface area contributed by atoms with Gasteiger partial charge in [0.1, 0.15) is 5.76 Å². The van der Waals surface area contributed by atoms with Gasteiger partial charge in [-0.25, -0.2) is 0 Å². The topological polar surface area (TPSA) is 13.1 Å². The minimum absolute atomic E-state index is 0.751. The fourth-order valence-electron chi connectivity index (χ4n) is 1.29. The van der Waals surface area contributed by atoms with Gasteiger partial charge in [-0.05, 0) is 18.6 Å². The molecular formula is C13H18O. The summed E-state index contributed by atoms with van der Waals surface area (Å²) in [5.41, 5.74) is 0. The smallest absolute Gasteiger partial charge is 0.115 e. The molecule has 0 aliphatic heterocycles. The number of hydrogen-bond acceptors (Lipinski definition) is 1. The average molecular weight is 190 g/mol. The van der Waals surface area contributed by atoms with Crippen LogP contribution in [-0.4, -0.2) is 0 Å². The lowest BCUT2D eigenvalue weighted by molar-refractivity contribution is 0.525. The maximum Gasteiger partial charge on any atom is 0.115 e. The second kappa shape index (κ2) is 7.26. The first-order valence-corrected chi connectivity index (χ1v) is 5.41. The van der Waals surface area contributed by atoms with Gasteiger partial charge in [-0.15, -0.1) is 5.92 Å². The molecule has 0 fully saturated rings. The van der Waals surface area contributed by atoms with Gasteiger partial charge in [0.05, 0.1) is 12.7 Å². The molecule has 1 heteroatoms. The molecule has 1 aromatic heterocycles. The van der Waals surface area contributed by atoms with E-state index in [1.54, 1.807) is 6.26 Å². The van der Waals surface area contributed by atoms with E-state index in [2.05, 4.69) is 18.8 Å². The number of hydrogen-bond donors (Lipinski definition) is 0. The minimum Gasteiger partial charge on any atom is -0.468 e. The van der Waals surface area contributed by atoms with Crippen LogP contribution in [0.1, 0.15) is 44.8 Å². The molecule has 0 radical (unpaired) electrons. The van der Waals surface area contributed by atoms with E-state index in [0.717, 1.165) is 18.6 Å². The lowest BCUT2D eigenvalue weighted by Gasteiger charge is -1.91. The van der Waals surface area contributed by atoms with Crippen molar-refractivity contribution in [2.75, 3.05) is 0 Å². The highest BCUT2D eigenvalue weighted by atomic mass is 16.3. The van der Waals surface area contributed by atoms with Gasteiger partial charge < -0.3 is 4.42 Å². The zero-order valence-corrected chi connectivity index (χ0v) is 8.88. The largest absolute Gasteiger partial charge is 0.468 e. The third-order valence-electron chi connectivity index (χ3n) is 2.12. The number of furan rings is 1. The van der Waals surface area contributed by atoms with Gasteiger partial charge in [0.25, 0.3) is 0 Å². The molecule has 1 nitrogen and oxygen atoms in total. The predicted octanol–water partition coefficient (Wildman–Crippen LogP) is 3.80. The molecule has 0 bridgehead atoms. The fourth-order valence-corrected chi connectivity index (χ4v) is 1.29. The summed E-state index contributed by atoms with van der Waals surface area (Å²) in [7, 11) is 0. The molecule has 1 heterocycles. The van der Waals surface area contributed by atoms with E-state index in [4.69, 9.17) is 4.42 Å². The Labute approximate surface area is 86.5 Å². The molecule has 0 unspecified atom stereocenters. The molecule has 0 atom stereocenters. The van der Waals surface area contributed by atoms with Crippen molar-refractivity contribution in [2.24, 2.45) is 0 Å². The van der Waals surface area contributed by atoms with Crippen LogP contribution < -0.4 is 0 Å². The van der Waals surface area contributed by atoms with E-state index in [0.29, 0.717) is 0 Å². The monoisotopic (exact) mass is 190 g/mol. The molecule has 0 N–H and O–H groups in total. The van der Waals surface area contributed by atoms with E-state index < -0.39 is 0 Å². The average Bonchev–Trinajstić information content (AvgIpc) is 2.69. The van der Waals surface area contributed by atoms with Crippen LogP contribution in [0.5, 0.6) is 0 Å². The van der Waals surface area contributed by atoms with E-state index in [-0.39, 0.29) is 0 Å². The summed E-state index contributed by atoms with van der Waals surface area (Å²) in [5, 5.41) is 0. The van der Waals surface area contributed by atoms with Crippen molar-refractivity contribution in [3.8, 4) is 11.8 Å². The first-order chi connectivity index (χ1) is 6.93. The second-order valence-corrected chi connectivity index (χ2v) is 3.42. The van der Waals surface area contributed by atoms with Crippen LogP contribution >= 0.6 is 0 Å². The van der Waals surface area contributed by atoms with Gasteiger partial charge >= 0.3 is 0 Å². The normalized spacial score (nSPS) is 9.50. The quantitative estimate of drug-likeness (QED) is 0.508. The Morgan fingerprint density at radius 3 is 2.86 bits per heavy atom. The van der Waals surface area contributed by atoms with Gasteiger partial charge in [0.2, 0.25) is 0 Å². The highest BCUT2D eigenvalue weighted by molar-refractivity contribution is 5.10. The van der Waals surface area contributed by atoms with Crippen LogP contribution in [0.3, 0.4) is 0 Å². The fraction of sp³-hybridized carbons (Fsp3) is 0.538. The molecule has 1 aromatic rings. The van der Waals surface area contributed by atoms with Gasteiger partial charge in [-0.1, -0.05) is 32.1 Å². The molecular weight excluding hydrogens is 172 g/mol. The molecule has 76 valence electrons. The van der Waals surface area contributed by atoms with E-state index in [1.165, 1.54) is 25.7 Å². The van der Waals surface area contributed by atoms with Crippen molar-refractivity contribution in [1.82, 2.24) is 0 Å². The summed E-state index contributed by atoms with van der Waals surface area (Å²) >= 11 is 0. The van der Waals surface area contributed by atoms with Crippen molar-refractivity contribution >= 4 is 0 Å². The first kappa shape index (κ1) is 10.9. The molecule has 1 rings (SSSR count). The third kappa shape index (κ3) is 4.77. The first-order valence-electron chi connectivity index (χ1n) is 5.41. The van der Waals surface area contributed by atoms with Crippen molar-refractivity contribution in [2.45, 2.75) is 45.4 Å². The Kier molecular flexibility index (Phi) is 5.66. The Hall–Kier alpha value is -1.16. The summed E-state index contributed by atoms with van der Waals surface area (Å²) in [6.45, 7) is 2.22. The zero-order chi connectivity index (χ0) is 10.1. The molecule has 0 aliphatic rings. The summed E-state index contributed by atoms with van der Waals surface area (Å²) < 4.78 is 5.18. The lowest BCUT2D eigenvalue weighted by Crippen LogP contribution is -1.76. The van der Waals surface area contributed by atoms with Crippen molar-refractivity contribution in [3.63, 3.8) is 0 Å². The summed E-state index contributed by atoms with van der Waals surface area (Å²) in [6, 6.07) is 3.87. The molecule has 0 saturated heterocycles.